The summed E-state index contributed by atoms with van der Waals surface area (Å²) in [4.78, 5) is 7.43. The molecule has 5 heteroatoms. The molecule has 0 fully saturated rings. The molecule has 0 atom stereocenters. The topological polar surface area (TPSA) is 37.9 Å². The molecule has 0 saturated heterocycles. The summed E-state index contributed by atoms with van der Waals surface area (Å²) in [6.07, 6.45) is 1.79. The Morgan fingerprint density at radius 3 is 2.79 bits per heavy atom. The van der Waals surface area contributed by atoms with Gasteiger partial charge in [0.1, 0.15) is 10.5 Å². The lowest BCUT2D eigenvalue weighted by atomic mass is 10.1. The second-order valence-electron chi connectivity index (χ2n) is 4.18. The molecule has 0 saturated carbocycles. The van der Waals surface area contributed by atoms with Crippen LogP contribution in [0.3, 0.4) is 0 Å². The highest BCUT2D eigenvalue weighted by atomic mass is 32.1. The lowest BCUT2D eigenvalue weighted by molar-refractivity contribution is 0.386. The third-order valence-corrected chi connectivity index (χ3v) is 2.95. The molecule has 19 heavy (non-hydrogen) atoms. The molecule has 2 aromatic rings. The number of aryl methyl sites for hydroxylation is 1. The second-order valence-corrected chi connectivity index (χ2v) is 4.60. The molecule has 100 valence electrons. The third kappa shape index (κ3) is 3.17. The summed E-state index contributed by atoms with van der Waals surface area (Å²) in [5.74, 6) is 0.652. The van der Waals surface area contributed by atoms with E-state index in [0.29, 0.717) is 4.64 Å². The SMILES string of the molecule is CCCc1nc(=S)cc(-c2ccc(OC)c(F)c2)[nH]1. The van der Waals surface area contributed by atoms with Crippen molar-refractivity contribution in [1.82, 2.24) is 9.97 Å². The van der Waals surface area contributed by atoms with Crippen LogP contribution in [0.2, 0.25) is 0 Å². The first-order valence-electron chi connectivity index (χ1n) is 6.08. The molecule has 1 aromatic carbocycles. The van der Waals surface area contributed by atoms with E-state index in [1.165, 1.54) is 13.2 Å². The van der Waals surface area contributed by atoms with Crippen molar-refractivity contribution in [2.75, 3.05) is 7.11 Å². The van der Waals surface area contributed by atoms with Crippen LogP contribution >= 0.6 is 12.2 Å². The van der Waals surface area contributed by atoms with Crippen LogP contribution in [0.4, 0.5) is 4.39 Å². The summed E-state index contributed by atoms with van der Waals surface area (Å²) in [5.41, 5.74) is 1.49. The fraction of sp³-hybridized carbons (Fsp3) is 0.286. The van der Waals surface area contributed by atoms with Crippen molar-refractivity contribution in [3.63, 3.8) is 0 Å². The lowest BCUT2D eigenvalue weighted by Gasteiger charge is -2.07. The van der Waals surface area contributed by atoms with E-state index < -0.39 is 5.82 Å². The van der Waals surface area contributed by atoms with Gasteiger partial charge in [-0.25, -0.2) is 9.37 Å². The van der Waals surface area contributed by atoms with Crippen LogP contribution in [0.1, 0.15) is 19.2 Å². The minimum absolute atomic E-state index is 0.227. The zero-order chi connectivity index (χ0) is 13.8. The summed E-state index contributed by atoms with van der Waals surface area (Å²) in [6.45, 7) is 2.07. The molecule has 0 spiro atoms. The van der Waals surface area contributed by atoms with Gasteiger partial charge in [-0.2, -0.15) is 0 Å². The van der Waals surface area contributed by atoms with Crippen molar-refractivity contribution in [2.24, 2.45) is 0 Å². The Kier molecular flexibility index (Phi) is 4.27. The van der Waals surface area contributed by atoms with Crippen molar-refractivity contribution >= 4 is 12.2 Å². The van der Waals surface area contributed by atoms with E-state index in [2.05, 4.69) is 16.9 Å². The minimum atomic E-state index is -0.395. The number of hydrogen-bond donors (Lipinski definition) is 1. The highest BCUT2D eigenvalue weighted by molar-refractivity contribution is 7.71. The van der Waals surface area contributed by atoms with E-state index in [-0.39, 0.29) is 5.75 Å². The Hall–Kier alpha value is -1.75. The maximum atomic E-state index is 13.7. The van der Waals surface area contributed by atoms with Gasteiger partial charge >= 0.3 is 0 Å². The highest BCUT2D eigenvalue weighted by Gasteiger charge is 2.07. The van der Waals surface area contributed by atoms with Gasteiger partial charge in [0.2, 0.25) is 0 Å². The summed E-state index contributed by atoms with van der Waals surface area (Å²) in [7, 11) is 1.44. The molecular formula is C14H15FN2OS. The number of methoxy groups -OCH3 is 1. The average Bonchev–Trinajstić information content (AvgIpc) is 2.38. The number of halogens is 1. The first-order chi connectivity index (χ1) is 9.13. The van der Waals surface area contributed by atoms with E-state index in [1.807, 2.05) is 0 Å². The predicted molar refractivity (Wildman–Crippen MR) is 75.4 cm³/mol. The van der Waals surface area contributed by atoms with Gasteiger partial charge in [0.05, 0.1) is 7.11 Å². The van der Waals surface area contributed by atoms with Crippen molar-refractivity contribution in [3.8, 4) is 17.0 Å². The van der Waals surface area contributed by atoms with Gasteiger partial charge < -0.3 is 9.72 Å². The summed E-state index contributed by atoms with van der Waals surface area (Å²) < 4.78 is 19.1. The van der Waals surface area contributed by atoms with E-state index in [4.69, 9.17) is 17.0 Å². The highest BCUT2D eigenvalue weighted by Crippen LogP contribution is 2.24. The molecule has 1 N–H and O–H groups in total. The molecule has 0 amide bonds. The molecule has 1 heterocycles. The van der Waals surface area contributed by atoms with Crippen LogP contribution in [0.25, 0.3) is 11.3 Å². The van der Waals surface area contributed by atoms with Crippen molar-refractivity contribution < 1.29 is 9.13 Å². The second kappa shape index (κ2) is 5.93. The Balaban J connectivity index is 2.46. The van der Waals surface area contributed by atoms with E-state index in [9.17, 15) is 4.39 Å². The van der Waals surface area contributed by atoms with Crippen LogP contribution in [0, 0.1) is 10.5 Å². The van der Waals surface area contributed by atoms with Crippen LogP contribution in [-0.2, 0) is 6.42 Å². The maximum Gasteiger partial charge on any atom is 0.165 e. The normalized spacial score (nSPS) is 10.5. The fourth-order valence-electron chi connectivity index (χ4n) is 1.85. The standard InChI is InChI=1S/C14H15FN2OS/c1-3-4-13-16-11(8-14(19)17-13)9-5-6-12(18-2)10(15)7-9/h5-8H,3-4H2,1-2H3,(H,16,17,19). The Morgan fingerprint density at radius 1 is 1.37 bits per heavy atom. The first kappa shape index (κ1) is 13.7. The number of ether oxygens (including phenoxy) is 1. The van der Waals surface area contributed by atoms with Crippen molar-refractivity contribution in [2.45, 2.75) is 19.8 Å². The zero-order valence-corrected chi connectivity index (χ0v) is 11.7. The number of nitrogens with one attached hydrogen (secondary N) is 1. The number of nitrogens with zero attached hydrogens (tertiary/aromatic N) is 1. The van der Waals surface area contributed by atoms with E-state index >= 15 is 0 Å². The number of rotatable bonds is 4. The van der Waals surface area contributed by atoms with Crippen molar-refractivity contribution in [3.05, 3.63) is 40.5 Å². The van der Waals surface area contributed by atoms with Gasteiger partial charge in [0, 0.05) is 17.7 Å². The summed E-state index contributed by atoms with van der Waals surface area (Å²) in [5, 5.41) is 0. The molecule has 0 aliphatic carbocycles. The number of benzene rings is 1. The number of H-pyrrole nitrogens is 1. The predicted octanol–water partition coefficient (Wildman–Crippen LogP) is 3.91. The largest absolute Gasteiger partial charge is 0.494 e. The maximum absolute atomic E-state index is 13.7. The molecule has 2 rings (SSSR count). The van der Waals surface area contributed by atoms with E-state index in [1.54, 1.807) is 18.2 Å². The molecule has 0 aliphatic rings. The van der Waals surface area contributed by atoms with E-state index in [0.717, 1.165) is 29.9 Å². The summed E-state index contributed by atoms with van der Waals surface area (Å²) in [6, 6.07) is 6.55. The lowest BCUT2D eigenvalue weighted by Crippen LogP contribution is -1.97. The zero-order valence-electron chi connectivity index (χ0n) is 10.9. The van der Waals surface area contributed by atoms with Gasteiger partial charge in [-0.3, -0.25) is 0 Å². The molecule has 3 nitrogen and oxygen atoms in total. The molecular weight excluding hydrogens is 263 g/mol. The third-order valence-electron chi connectivity index (χ3n) is 2.74. The van der Waals surface area contributed by atoms with Crippen LogP contribution in [-0.4, -0.2) is 17.1 Å². The van der Waals surface area contributed by atoms with Crippen molar-refractivity contribution in [1.29, 1.82) is 0 Å². The summed E-state index contributed by atoms with van der Waals surface area (Å²) >= 11 is 5.13. The quantitative estimate of drug-likeness (QED) is 0.862. The average molecular weight is 278 g/mol. The first-order valence-corrected chi connectivity index (χ1v) is 6.49. The fourth-order valence-corrected chi connectivity index (χ4v) is 2.08. The van der Waals surface area contributed by atoms with Gasteiger partial charge in [0.15, 0.2) is 11.6 Å². The number of hydrogen-bond acceptors (Lipinski definition) is 3. The van der Waals surface area contributed by atoms with Crippen LogP contribution in [0.5, 0.6) is 5.75 Å². The molecule has 0 radical (unpaired) electrons. The van der Waals surface area contributed by atoms with Gasteiger partial charge in [0.25, 0.3) is 0 Å². The minimum Gasteiger partial charge on any atom is -0.494 e. The molecule has 0 unspecified atom stereocenters. The molecule has 0 aliphatic heterocycles. The Labute approximate surface area is 116 Å². The number of aromatic amines is 1. The molecule has 1 aromatic heterocycles. The van der Waals surface area contributed by atoms with Gasteiger partial charge in [-0.05, 0) is 30.7 Å². The smallest absolute Gasteiger partial charge is 0.165 e. The monoisotopic (exact) mass is 278 g/mol. The van der Waals surface area contributed by atoms with Gasteiger partial charge in [-0.15, -0.1) is 0 Å². The van der Waals surface area contributed by atoms with Crippen LogP contribution in [0.15, 0.2) is 24.3 Å². The molecule has 0 bridgehead atoms. The Morgan fingerprint density at radius 2 is 2.16 bits per heavy atom. The number of aromatic nitrogens is 2. The Bertz CT molecular complexity index is 640. The van der Waals surface area contributed by atoms with Gasteiger partial charge in [-0.1, -0.05) is 19.1 Å². The van der Waals surface area contributed by atoms with Crippen LogP contribution < -0.4 is 4.74 Å².